The first-order valence-corrected chi connectivity index (χ1v) is 12.2. The van der Waals surface area contributed by atoms with Crippen LogP contribution >= 0.6 is 11.6 Å². The van der Waals surface area contributed by atoms with Gasteiger partial charge in [0.1, 0.15) is 12.2 Å². The average molecular weight is 529 g/mol. The number of nitrogens with one attached hydrogen (secondary N) is 1. The summed E-state index contributed by atoms with van der Waals surface area (Å²) in [6, 6.07) is 15.9. The quantitative estimate of drug-likeness (QED) is 0.349. The van der Waals surface area contributed by atoms with Gasteiger partial charge in [-0.3, -0.25) is 9.69 Å². The van der Waals surface area contributed by atoms with E-state index in [4.69, 9.17) is 16.7 Å². The van der Waals surface area contributed by atoms with E-state index in [-0.39, 0.29) is 11.6 Å². The third kappa shape index (κ3) is 4.12. The number of rotatable bonds is 5. The fraction of sp³-hybridized carbons (Fsp3) is 0.154. The van der Waals surface area contributed by atoms with Crippen LogP contribution in [0.2, 0.25) is 5.02 Å². The summed E-state index contributed by atoms with van der Waals surface area (Å²) in [6.45, 7) is 0. The number of hydrogen-bond donors (Lipinski definition) is 2. The standard InChI is InChI=1S/C26H21ClN8O3/c1-33(26(37)38)18-5-2-15(3-6-18)25-28-13-21(30-25)23-9-7-19-10-16(11-24(36)35(19)23)20-12-17(27)4-8-22(20)34-14-29-31-32-34/h2-6,8,10-14,23H,7,9H2,1H3,(H,28,30)(H,37,38). The van der Waals surface area contributed by atoms with Crippen molar-refractivity contribution in [2.45, 2.75) is 18.9 Å². The second-order valence-corrected chi connectivity index (χ2v) is 9.43. The maximum atomic E-state index is 13.4. The number of benzene rings is 2. The van der Waals surface area contributed by atoms with Crippen molar-refractivity contribution in [3.05, 3.63) is 93.9 Å². The predicted octanol–water partition coefficient (Wildman–Crippen LogP) is 4.18. The number of H-pyrrole nitrogens is 1. The molecule has 6 rings (SSSR count). The van der Waals surface area contributed by atoms with Crippen LogP contribution in [0.3, 0.4) is 0 Å². The van der Waals surface area contributed by atoms with Gasteiger partial charge in [0, 0.05) is 40.6 Å². The highest BCUT2D eigenvalue weighted by atomic mass is 35.5. The van der Waals surface area contributed by atoms with Crippen LogP contribution in [0.25, 0.3) is 28.2 Å². The average Bonchev–Trinajstić information content (AvgIpc) is 3.69. The number of pyridine rings is 1. The Kier molecular flexibility index (Phi) is 5.76. The van der Waals surface area contributed by atoms with Crippen molar-refractivity contribution in [3.8, 4) is 28.2 Å². The Bertz CT molecular complexity index is 1710. The Hall–Kier alpha value is -4.77. The SMILES string of the molecule is CN(C(=O)O)c1ccc(-c2ncc(C3CCc4cc(-c5cc(Cl)ccc5-n5cnnn5)cc(=O)n43)[nH]2)cc1. The third-order valence-corrected chi connectivity index (χ3v) is 7.00. The van der Waals surface area contributed by atoms with Crippen LogP contribution in [0, 0.1) is 0 Å². The number of carbonyl (C=O) groups is 1. The molecule has 0 radical (unpaired) electrons. The summed E-state index contributed by atoms with van der Waals surface area (Å²) in [5.74, 6) is 0.646. The molecular weight excluding hydrogens is 508 g/mol. The Morgan fingerprint density at radius 1 is 1.13 bits per heavy atom. The number of imidazole rings is 1. The van der Waals surface area contributed by atoms with E-state index in [9.17, 15) is 9.59 Å². The summed E-state index contributed by atoms with van der Waals surface area (Å²) in [5, 5.41) is 21.1. The Balaban J connectivity index is 1.32. The Morgan fingerprint density at radius 2 is 1.95 bits per heavy atom. The number of carboxylic acid groups (broad SMARTS) is 1. The van der Waals surface area contributed by atoms with Crippen LogP contribution in [0.1, 0.15) is 23.9 Å². The molecule has 11 nitrogen and oxygen atoms in total. The van der Waals surface area contributed by atoms with Crippen LogP contribution in [-0.2, 0) is 6.42 Å². The van der Waals surface area contributed by atoms with E-state index in [2.05, 4.69) is 25.5 Å². The third-order valence-electron chi connectivity index (χ3n) is 6.77. The highest BCUT2D eigenvalue weighted by molar-refractivity contribution is 6.31. The molecule has 0 saturated heterocycles. The molecule has 0 aliphatic carbocycles. The number of nitrogens with zero attached hydrogens (tertiary/aromatic N) is 7. The number of fused-ring (bicyclic) bond motifs is 1. The molecule has 0 spiro atoms. The van der Waals surface area contributed by atoms with E-state index in [1.165, 1.54) is 18.1 Å². The van der Waals surface area contributed by atoms with Crippen LogP contribution in [-0.4, -0.2) is 53.0 Å². The van der Waals surface area contributed by atoms with Crippen molar-refractivity contribution in [2.75, 3.05) is 11.9 Å². The van der Waals surface area contributed by atoms with Crippen molar-refractivity contribution < 1.29 is 9.90 Å². The molecule has 1 aliphatic rings. The van der Waals surface area contributed by atoms with E-state index >= 15 is 0 Å². The molecule has 190 valence electrons. The monoisotopic (exact) mass is 528 g/mol. The maximum Gasteiger partial charge on any atom is 0.411 e. The largest absolute Gasteiger partial charge is 0.465 e. The van der Waals surface area contributed by atoms with Gasteiger partial charge in [-0.2, -0.15) is 4.68 Å². The molecule has 0 saturated carbocycles. The lowest BCUT2D eigenvalue weighted by Gasteiger charge is -2.15. The molecular formula is C26H21ClN8O3. The van der Waals surface area contributed by atoms with Crippen LogP contribution in [0.5, 0.6) is 0 Å². The van der Waals surface area contributed by atoms with E-state index in [1.807, 2.05) is 24.3 Å². The summed E-state index contributed by atoms with van der Waals surface area (Å²) in [6.07, 6.45) is 3.68. The molecule has 1 unspecified atom stereocenters. The topological polar surface area (TPSA) is 135 Å². The minimum Gasteiger partial charge on any atom is -0.465 e. The molecule has 2 N–H and O–H groups in total. The number of amides is 1. The molecule has 5 aromatic rings. The van der Waals surface area contributed by atoms with Gasteiger partial charge in [0.05, 0.1) is 23.6 Å². The molecule has 1 amide bonds. The van der Waals surface area contributed by atoms with Crippen molar-refractivity contribution in [1.82, 2.24) is 34.7 Å². The first kappa shape index (κ1) is 23.6. The van der Waals surface area contributed by atoms with Gasteiger partial charge in [-0.25, -0.2) is 9.78 Å². The van der Waals surface area contributed by atoms with E-state index in [0.717, 1.165) is 51.5 Å². The van der Waals surface area contributed by atoms with Gasteiger partial charge in [-0.05, 0) is 77.4 Å². The summed E-state index contributed by atoms with van der Waals surface area (Å²) in [5.41, 5.74) is 5.21. The number of aromatic nitrogens is 7. The summed E-state index contributed by atoms with van der Waals surface area (Å²) in [7, 11) is 1.49. The molecule has 4 heterocycles. The lowest BCUT2D eigenvalue weighted by atomic mass is 10.0. The van der Waals surface area contributed by atoms with Gasteiger partial charge >= 0.3 is 6.09 Å². The Morgan fingerprint density at radius 3 is 2.68 bits per heavy atom. The predicted molar refractivity (Wildman–Crippen MR) is 141 cm³/mol. The molecule has 38 heavy (non-hydrogen) atoms. The zero-order valence-corrected chi connectivity index (χ0v) is 20.9. The number of aryl methyl sites for hydroxylation is 1. The van der Waals surface area contributed by atoms with Gasteiger partial charge in [0.15, 0.2) is 0 Å². The van der Waals surface area contributed by atoms with Gasteiger partial charge in [0.25, 0.3) is 5.56 Å². The normalized spacial score (nSPS) is 14.4. The van der Waals surface area contributed by atoms with Crippen LogP contribution < -0.4 is 10.5 Å². The van der Waals surface area contributed by atoms with Gasteiger partial charge in [-0.15, -0.1) is 5.10 Å². The summed E-state index contributed by atoms with van der Waals surface area (Å²) in [4.78, 5) is 33.6. The second kappa shape index (κ2) is 9.27. The van der Waals surface area contributed by atoms with Crippen molar-refractivity contribution in [2.24, 2.45) is 0 Å². The van der Waals surface area contributed by atoms with Crippen molar-refractivity contribution >= 4 is 23.4 Å². The van der Waals surface area contributed by atoms with Gasteiger partial charge in [-0.1, -0.05) is 11.6 Å². The van der Waals surface area contributed by atoms with Crippen LogP contribution in [0.15, 0.2) is 71.9 Å². The minimum atomic E-state index is -1.03. The highest BCUT2D eigenvalue weighted by Crippen LogP contribution is 2.34. The zero-order valence-electron chi connectivity index (χ0n) is 20.1. The number of halogens is 1. The molecule has 3 aromatic heterocycles. The zero-order chi connectivity index (χ0) is 26.4. The summed E-state index contributed by atoms with van der Waals surface area (Å²) < 4.78 is 3.34. The molecule has 0 fully saturated rings. The number of tetrazole rings is 1. The molecule has 2 aromatic carbocycles. The lowest BCUT2D eigenvalue weighted by Crippen LogP contribution is -2.23. The van der Waals surface area contributed by atoms with Crippen LogP contribution in [0.4, 0.5) is 10.5 Å². The fourth-order valence-corrected chi connectivity index (χ4v) is 5.03. The molecule has 1 aliphatic heterocycles. The van der Waals surface area contributed by atoms with Crippen molar-refractivity contribution in [3.63, 3.8) is 0 Å². The first-order valence-electron chi connectivity index (χ1n) is 11.8. The molecule has 1 atom stereocenters. The molecule has 12 heteroatoms. The van der Waals surface area contributed by atoms with Gasteiger partial charge < -0.3 is 14.7 Å². The first-order chi connectivity index (χ1) is 18.4. The highest BCUT2D eigenvalue weighted by Gasteiger charge is 2.27. The van der Waals surface area contributed by atoms with E-state index in [0.29, 0.717) is 16.5 Å². The second-order valence-electron chi connectivity index (χ2n) is 8.99. The van der Waals surface area contributed by atoms with E-state index in [1.54, 1.807) is 41.1 Å². The van der Waals surface area contributed by atoms with Gasteiger partial charge in [0.2, 0.25) is 0 Å². The molecule has 0 bridgehead atoms. The minimum absolute atomic E-state index is 0.125. The lowest BCUT2D eigenvalue weighted by molar-refractivity contribution is 0.203. The Labute approximate surface area is 221 Å². The number of hydrogen-bond acceptors (Lipinski definition) is 6. The van der Waals surface area contributed by atoms with Crippen molar-refractivity contribution in [1.29, 1.82) is 0 Å². The fourth-order valence-electron chi connectivity index (χ4n) is 4.86. The van der Waals surface area contributed by atoms with E-state index < -0.39 is 6.09 Å². The number of anilines is 1. The summed E-state index contributed by atoms with van der Waals surface area (Å²) >= 11 is 6.30. The number of aromatic amines is 1. The maximum absolute atomic E-state index is 13.4. The smallest absolute Gasteiger partial charge is 0.411 e.